The lowest BCUT2D eigenvalue weighted by atomic mass is 10.1. The summed E-state index contributed by atoms with van der Waals surface area (Å²) in [5.74, 6) is -0.870. The number of hydrogen-bond acceptors (Lipinski definition) is 3. The number of hydrogen-bond donors (Lipinski definition) is 1. The maximum absolute atomic E-state index is 13.3. The molecule has 1 unspecified atom stereocenters. The number of rotatable bonds is 3. The van der Waals surface area contributed by atoms with Crippen LogP contribution in [0.25, 0.3) is 5.52 Å². The molecule has 3 aromatic rings. The lowest BCUT2D eigenvalue weighted by Crippen LogP contribution is -2.38. The Labute approximate surface area is 128 Å². The molecule has 5 nitrogen and oxygen atoms in total. The van der Waals surface area contributed by atoms with Gasteiger partial charge in [0, 0.05) is 18.0 Å². The molecular formula is C15H11F3N4O. The first-order chi connectivity index (χ1) is 11.0. The van der Waals surface area contributed by atoms with Crippen LogP contribution in [0.2, 0.25) is 0 Å². The average Bonchev–Trinajstić information content (AvgIpc) is 3.00. The molecule has 0 aliphatic carbocycles. The predicted molar refractivity (Wildman–Crippen MR) is 75.7 cm³/mol. The molecule has 0 aliphatic rings. The minimum atomic E-state index is -4.64. The van der Waals surface area contributed by atoms with Crippen LogP contribution in [0.1, 0.15) is 22.1 Å². The molecule has 0 bridgehead atoms. The van der Waals surface area contributed by atoms with Crippen molar-refractivity contribution in [3.8, 4) is 0 Å². The van der Waals surface area contributed by atoms with Crippen LogP contribution in [-0.2, 0) is 0 Å². The van der Waals surface area contributed by atoms with E-state index in [0.717, 1.165) is 6.20 Å². The second kappa shape index (κ2) is 5.71. The van der Waals surface area contributed by atoms with E-state index in [9.17, 15) is 18.0 Å². The minimum Gasteiger partial charge on any atom is -0.335 e. The molecule has 23 heavy (non-hydrogen) atoms. The van der Waals surface area contributed by atoms with Crippen LogP contribution in [0.15, 0.2) is 55.0 Å². The van der Waals surface area contributed by atoms with Crippen LogP contribution >= 0.6 is 0 Å². The van der Waals surface area contributed by atoms with Crippen molar-refractivity contribution in [3.05, 3.63) is 66.2 Å². The first kappa shape index (κ1) is 15.0. The fourth-order valence-corrected chi connectivity index (χ4v) is 2.23. The molecule has 8 heteroatoms. The molecule has 1 N–H and O–H groups in total. The van der Waals surface area contributed by atoms with E-state index in [2.05, 4.69) is 10.1 Å². The van der Waals surface area contributed by atoms with Crippen LogP contribution in [0.5, 0.6) is 0 Å². The lowest BCUT2D eigenvalue weighted by molar-refractivity contribution is -0.155. The standard InChI is InChI=1S/C15H11F3N4O/c16-15(17,18)13(10-3-2-7-19-9-10)21-14(23)12-5-1-4-11-6-8-20-22(11)12/h1-9,13H,(H,21,23). The number of fused-ring (bicyclic) bond motifs is 1. The van der Waals surface area contributed by atoms with Gasteiger partial charge in [-0.1, -0.05) is 12.1 Å². The van der Waals surface area contributed by atoms with Crippen LogP contribution in [0, 0.1) is 0 Å². The van der Waals surface area contributed by atoms with Crippen LogP contribution < -0.4 is 5.32 Å². The molecule has 118 valence electrons. The molecule has 3 aromatic heterocycles. The van der Waals surface area contributed by atoms with Gasteiger partial charge in [-0.15, -0.1) is 0 Å². The Hall–Kier alpha value is -2.90. The summed E-state index contributed by atoms with van der Waals surface area (Å²) in [7, 11) is 0. The van der Waals surface area contributed by atoms with E-state index in [1.165, 1.54) is 35.1 Å². The first-order valence-corrected chi connectivity index (χ1v) is 6.67. The number of carbonyl (C=O) groups is 1. The Bertz CT molecular complexity index is 829. The Morgan fingerprint density at radius 2 is 1.96 bits per heavy atom. The number of nitrogens with one attached hydrogen (secondary N) is 1. The smallest absolute Gasteiger partial charge is 0.335 e. The van der Waals surface area contributed by atoms with Crippen molar-refractivity contribution in [1.82, 2.24) is 19.9 Å². The third-order valence-corrected chi connectivity index (χ3v) is 3.27. The van der Waals surface area contributed by atoms with Gasteiger partial charge in [0.25, 0.3) is 5.91 Å². The van der Waals surface area contributed by atoms with Gasteiger partial charge in [0.2, 0.25) is 0 Å². The van der Waals surface area contributed by atoms with Crippen molar-refractivity contribution in [2.45, 2.75) is 12.2 Å². The zero-order chi connectivity index (χ0) is 16.4. The van der Waals surface area contributed by atoms with Crippen molar-refractivity contribution in [3.63, 3.8) is 0 Å². The number of pyridine rings is 2. The summed E-state index contributed by atoms with van der Waals surface area (Å²) in [6.07, 6.45) is -0.735. The van der Waals surface area contributed by atoms with Crippen molar-refractivity contribution in [1.29, 1.82) is 0 Å². The van der Waals surface area contributed by atoms with E-state index in [1.807, 2.05) is 5.32 Å². The van der Waals surface area contributed by atoms with E-state index in [0.29, 0.717) is 5.52 Å². The Kier molecular flexibility index (Phi) is 3.73. The first-order valence-electron chi connectivity index (χ1n) is 6.67. The molecule has 0 spiro atoms. The molecule has 0 radical (unpaired) electrons. The molecule has 0 saturated heterocycles. The third kappa shape index (κ3) is 3.01. The number of nitrogens with zero attached hydrogens (tertiary/aromatic N) is 3. The molecule has 0 fully saturated rings. The minimum absolute atomic E-state index is 0.0191. The van der Waals surface area contributed by atoms with Gasteiger partial charge in [-0.2, -0.15) is 18.3 Å². The molecular weight excluding hydrogens is 309 g/mol. The number of aromatic nitrogens is 3. The molecule has 1 amide bonds. The zero-order valence-corrected chi connectivity index (χ0v) is 11.7. The Morgan fingerprint density at radius 1 is 1.13 bits per heavy atom. The van der Waals surface area contributed by atoms with E-state index in [-0.39, 0.29) is 11.3 Å². The highest BCUT2D eigenvalue weighted by atomic mass is 19.4. The quantitative estimate of drug-likeness (QED) is 0.807. The maximum atomic E-state index is 13.3. The van der Waals surface area contributed by atoms with Crippen molar-refractivity contribution in [2.75, 3.05) is 0 Å². The Balaban J connectivity index is 1.94. The van der Waals surface area contributed by atoms with Gasteiger partial charge in [-0.05, 0) is 24.3 Å². The van der Waals surface area contributed by atoms with E-state index in [1.54, 1.807) is 18.2 Å². The highest BCUT2D eigenvalue weighted by molar-refractivity contribution is 5.93. The Morgan fingerprint density at radius 3 is 2.65 bits per heavy atom. The number of alkyl halides is 3. The highest BCUT2D eigenvalue weighted by Crippen LogP contribution is 2.32. The van der Waals surface area contributed by atoms with E-state index >= 15 is 0 Å². The van der Waals surface area contributed by atoms with Crippen LogP contribution in [0.3, 0.4) is 0 Å². The van der Waals surface area contributed by atoms with Gasteiger partial charge in [0.1, 0.15) is 5.69 Å². The van der Waals surface area contributed by atoms with Gasteiger partial charge < -0.3 is 5.32 Å². The van der Waals surface area contributed by atoms with Gasteiger partial charge in [0.05, 0.1) is 11.7 Å². The van der Waals surface area contributed by atoms with Crippen molar-refractivity contribution >= 4 is 11.4 Å². The summed E-state index contributed by atoms with van der Waals surface area (Å²) in [5, 5.41) is 5.95. The zero-order valence-electron chi connectivity index (χ0n) is 11.7. The molecule has 0 aliphatic heterocycles. The SMILES string of the molecule is O=C(NC(c1cccnc1)C(F)(F)F)c1cccc2ccnn12. The molecule has 3 heterocycles. The van der Waals surface area contributed by atoms with Crippen molar-refractivity contribution < 1.29 is 18.0 Å². The van der Waals surface area contributed by atoms with Gasteiger partial charge in [0.15, 0.2) is 6.04 Å². The van der Waals surface area contributed by atoms with E-state index in [4.69, 9.17) is 0 Å². The third-order valence-electron chi connectivity index (χ3n) is 3.27. The number of carbonyl (C=O) groups excluding carboxylic acids is 1. The molecule has 0 aromatic carbocycles. The second-order valence-corrected chi connectivity index (χ2v) is 4.81. The topological polar surface area (TPSA) is 59.3 Å². The van der Waals surface area contributed by atoms with Crippen molar-refractivity contribution in [2.24, 2.45) is 0 Å². The average molecular weight is 320 g/mol. The second-order valence-electron chi connectivity index (χ2n) is 4.81. The summed E-state index contributed by atoms with van der Waals surface area (Å²) in [4.78, 5) is 16.0. The van der Waals surface area contributed by atoms with Crippen LogP contribution in [-0.4, -0.2) is 26.7 Å². The summed E-state index contributed by atoms with van der Waals surface area (Å²) in [6, 6.07) is 6.85. The monoisotopic (exact) mass is 320 g/mol. The normalized spacial score (nSPS) is 13.0. The maximum Gasteiger partial charge on any atom is 0.412 e. The predicted octanol–water partition coefficient (Wildman–Crippen LogP) is 2.76. The molecule has 0 saturated carbocycles. The summed E-state index contributed by atoms with van der Waals surface area (Å²) in [5.41, 5.74) is 0.495. The fraction of sp³-hybridized carbons (Fsp3) is 0.133. The largest absolute Gasteiger partial charge is 0.412 e. The van der Waals surface area contributed by atoms with Gasteiger partial charge >= 0.3 is 6.18 Å². The summed E-state index contributed by atoms with van der Waals surface area (Å²) >= 11 is 0. The molecule has 1 atom stereocenters. The fourth-order valence-electron chi connectivity index (χ4n) is 2.23. The summed E-state index contributed by atoms with van der Waals surface area (Å²) in [6.45, 7) is 0. The summed E-state index contributed by atoms with van der Waals surface area (Å²) < 4.78 is 41.1. The highest BCUT2D eigenvalue weighted by Gasteiger charge is 2.42. The molecule has 3 rings (SSSR count). The van der Waals surface area contributed by atoms with Gasteiger partial charge in [-0.25, -0.2) is 4.52 Å². The van der Waals surface area contributed by atoms with Gasteiger partial charge in [-0.3, -0.25) is 9.78 Å². The lowest BCUT2D eigenvalue weighted by Gasteiger charge is -2.21. The number of halogens is 3. The number of amides is 1. The van der Waals surface area contributed by atoms with Crippen LogP contribution in [0.4, 0.5) is 13.2 Å². The van der Waals surface area contributed by atoms with E-state index < -0.39 is 18.1 Å².